The van der Waals surface area contributed by atoms with Gasteiger partial charge in [-0.15, -0.1) is 0 Å². The normalized spacial score (nSPS) is 16.4. The molecule has 160 valence electrons. The summed E-state index contributed by atoms with van der Waals surface area (Å²) in [7, 11) is 0. The number of esters is 1. The fraction of sp³-hybridized carbons (Fsp3) is 0.556. The first kappa shape index (κ1) is 22.4. The molecule has 1 aliphatic rings. The zero-order chi connectivity index (χ0) is 21.8. The summed E-state index contributed by atoms with van der Waals surface area (Å²) >= 11 is 0. The van der Waals surface area contributed by atoms with Crippen LogP contribution in [0.4, 0.5) is 23.8 Å². The number of alkyl halides is 3. The van der Waals surface area contributed by atoms with E-state index in [2.05, 4.69) is 4.98 Å². The molecule has 1 fully saturated rings. The lowest BCUT2D eigenvalue weighted by Crippen LogP contribution is -2.47. The number of ether oxygens (including phenoxy) is 1. The van der Waals surface area contributed by atoms with Gasteiger partial charge in [-0.25, -0.2) is 9.78 Å². The Labute approximate surface area is 165 Å². The van der Waals surface area contributed by atoms with Gasteiger partial charge in [0.25, 0.3) is 5.91 Å². The number of nitrogens with two attached hydrogens (primary N) is 1. The molecule has 0 spiro atoms. The predicted octanol–water partition coefficient (Wildman–Crippen LogP) is 2.08. The number of carbonyl (C=O) groups excluding carboxylic acids is 3. The van der Waals surface area contributed by atoms with Crippen molar-refractivity contribution in [2.75, 3.05) is 18.0 Å². The maximum Gasteiger partial charge on any atom is 0.417 e. The van der Waals surface area contributed by atoms with E-state index in [1.165, 1.54) is 6.07 Å². The standard InChI is InChI=1S/C18H23F3N4O4/c1-10(2)14(15(26)24-17(22)28)29-16(27)11-5-7-25(8-6-11)13-4-3-12(9-23-13)18(19,20)21/h3-4,9-11,14H,5-8H2,1-2H3,(H3,22,24,26,28)/t14-/m1/s1. The maximum atomic E-state index is 12.6. The fourth-order valence-corrected chi connectivity index (χ4v) is 2.99. The molecule has 0 saturated carbocycles. The van der Waals surface area contributed by atoms with Crippen molar-refractivity contribution in [1.29, 1.82) is 0 Å². The minimum atomic E-state index is -4.45. The molecule has 1 saturated heterocycles. The van der Waals surface area contributed by atoms with Crippen LogP contribution in [0.15, 0.2) is 18.3 Å². The molecule has 8 nitrogen and oxygen atoms in total. The number of pyridine rings is 1. The monoisotopic (exact) mass is 416 g/mol. The van der Waals surface area contributed by atoms with Gasteiger partial charge in [0.2, 0.25) is 0 Å². The minimum Gasteiger partial charge on any atom is -0.452 e. The van der Waals surface area contributed by atoms with E-state index in [1.54, 1.807) is 18.7 Å². The van der Waals surface area contributed by atoms with E-state index in [1.807, 2.05) is 5.32 Å². The third kappa shape index (κ3) is 6.06. The van der Waals surface area contributed by atoms with Crippen molar-refractivity contribution < 1.29 is 32.3 Å². The first-order chi connectivity index (χ1) is 13.5. The number of hydrogen-bond acceptors (Lipinski definition) is 6. The second kappa shape index (κ2) is 9.10. The van der Waals surface area contributed by atoms with Gasteiger partial charge in [-0.05, 0) is 30.9 Å². The van der Waals surface area contributed by atoms with E-state index in [9.17, 15) is 27.6 Å². The number of nitrogens with one attached hydrogen (secondary N) is 1. The van der Waals surface area contributed by atoms with Gasteiger partial charge in [-0.3, -0.25) is 14.9 Å². The summed E-state index contributed by atoms with van der Waals surface area (Å²) in [6, 6.07) is 1.23. The van der Waals surface area contributed by atoms with E-state index in [4.69, 9.17) is 10.5 Å². The molecule has 0 aliphatic carbocycles. The van der Waals surface area contributed by atoms with Crippen LogP contribution in [0.3, 0.4) is 0 Å². The lowest BCUT2D eigenvalue weighted by atomic mass is 9.96. The number of imide groups is 1. The van der Waals surface area contributed by atoms with Gasteiger partial charge in [-0.1, -0.05) is 13.8 Å². The molecule has 2 rings (SSSR count). The Morgan fingerprint density at radius 2 is 1.86 bits per heavy atom. The molecule has 3 N–H and O–H groups in total. The molecule has 0 radical (unpaired) electrons. The first-order valence-corrected chi connectivity index (χ1v) is 9.08. The summed E-state index contributed by atoms with van der Waals surface area (Å²) < 4.78 is 43.2. The molecule has 1 aromatic rings. The van der Waals surface area contributed by atoms with Crippen LogP contribution in [0.5, 0.6) is 0 Å². The van der Waals surface area contributed by atoms with Gasteiger partial charge in [0, 0.05) is 19.3 Å². The Morgan fingerprint density at radius 3 is 2.31 bits per heavy atom. The first-order valence-electron chi connectivity index (χ1n) is 9.08. The Morgan fingerprint density at radius 1 is 1.24 bits per heavy atom. The fourth-order valence-electron chi connectivity index (χ4n) is 2.99. The Balaban J connectivity index is 1.93. The largest absolute Gasteiger partial charge is 0.452 e. The van der Waals surface area contributed by atoms with E-state index in [0.29, 0.717) is 31.7 Å². The number of piperidine rings is 1. The SMILES string of the molecule is CC(C)[C@@H](OC(=O)C1CCN(c2ccc(C(F)(F)F)cn2)CC1)C(=O)NC(N)=O. The van der Waals surface area contributed by atoms with Crippen molar-refractivity contribution >= 4 is 23.7 Å². The average molecular weight is 416 g/mol. The van der Waals surface area contributed by atoms with Gasteiger partial charge in [0.1, 0.15) is 5.82 Å². The van der Waals surface area contributed by atoms with Gasteiger partial charge in [-0.2, -0.15) is 13.2 Å². The topological polar surface area (TPSA) is 115 Å². The van der Waals surface area contributed by atoms with Gasteiger partial charge in [0.15, 0.2) is 6.10 Å². The summed E-state index contributed by atoms with van der Waals surface area (Å²) in [5.41, 5.74) is 4.10. The van der Waals surface area contributed by atoms with Crippen LogP contribution in [0.25, 0.3) is 0 Å². The zero-order valence-electron chi connectivity index (χ0n) is 16.0. The summed E-state index contributed by atoms with van der Waals surface area (Å²) in [4.78, 5) is 40.9. The van der Waals surface area contributed by atoms with Gasteiger partial charge >= 0.3 is 18.2 Å². The number of nitrogens with zero attached hydrogens (tertiary/aromatic N) is 2. The number of amides is 3. The van der Waals surface area contributed by atoms with Crippen LogP contribution in [0.2, 0.25) is 0 Å². The molecule has 0 aromatic carbocycles. The van der Waals surface area contributed by atoms with Crippen LogP contribution in [-0.2, 0) is 20.5 Å². The highest BCUT2D eigenvalue weighted by Gasteiger charge is 2.34. The Hall–Kier alpha value is -2.85. The van der Waals surface area contributed by atoms with Crippen LogP contribution in [0, 0.1) is 11.8 Å². The molecule has 1 aromatic heterocycles. The number of urea groups is 1. The molecular formula is C18H23F3N4O4. The third-order valence-electron chi connectivity index (χ3n) is 4.58. The molecule has 11 heteroatoms. The smallest absolute Gasteiger partial charge is 0.417 e. The predicted molar refractivity (Wildman–Crippen MR) is 96.6 cm³/mol. The van der Waals surface area contributed by atoms with Crippen LogP contribution < -0.4 is 16.0 Å². The highest BCUT2D eigenvalue weighted by molar-refractivity contribution is 5.96. The van der Waals surface area contributed by atoms with E-state index >= 15 is 0 Å². The molecule has 3 amide bonds. The number of primary amides is 1. The lowest BCUT2D eigenvalue weighted by Gasteiger charge is -2.32. The number of rotatable bonds is 5. The molecule has 1 atom stereocenters. The number of hydrogen-bond donors (Lipinski definition) is 2. The van der Waals surface area contributed by atoms with Crippen LogP contribution in [0.1, 0.15) is 32.3 Å². The van der Waals surface area contributed by atoms with Crippen molar-refractivity contribution in [3.63, 3.8) is 0 Å². The van der Waals surface area contributed by atoms with Crippen molar-refractivity contribution in [3.8, 4) is 0 Å². The maximum absolute atomic E-state index is 12.6. The average Bonchev–Trinajstić information content (AvgIpc) is 2.64. The van der Waals surface area contributed by atoms with E-state index in [0.717, 1.165) is 12.3 Å². The number of aromatic nitrogens is 1. The summed E-state index contributed by atoms with van der Waals surface area (Å²) in [5.74, 6) is -1.79. The molecule has 2 heterocycles. The number of carbonyl (C=O) groups is 3. The second-order valence-corrected chi connectivity index (χ2v) is 7.12. The Kier molecular flexibility index (Phi) is 7.04. The summed E-state index contributed by atoms with van der Waals surface area (Å²) in [6.07, 6.45) is -4.03. The van der Waals surface area contributed by atoms with Gasteiger partial charge in [0.05, 0.1) is 11.5 Å². The van der Waals surface area contributed by atoms with Crippen molar-refractivity contribution in [2.24, 2.45) is 17.6 Å². The zero-order valence-corrected chi connectivity index (χ0v) is 16.0. The highest BCUT2D eigenvalue weighted by Crippen LogP contribution is 2.30. The number of anilines is 1. The molecular weight excluding hydrogens is 393 g/mol. The third-order valence-corrected chi connectivity index (χ3v) is 4.58. The Bertz CT molecular complexity index is 744. The van der Waals surface area contributed by atoms with Gasteiger partial charge < -0.3 is 15.4 Å². The van der Waals surface area contributed by atoms with E-state index < -0.39 is 41.7 Å². The van der Waals surface area contributed by atoms with E-state index in [-0.39, 0.29) is 5.92 Å². The molecule has 1 aliphatic heterocycles. The lowest BCUT2D eigenvalue weighted by molar-refractivity contribution is -0.162. The molecule has 29 heavy (non-hydrogen) atoms. The number of halogens is 3. The second-order valence-electron chi connectivity index (χ2n) is 7.12. The quantitative estimate of drug-likeness (QED) is 0.711. The van der Waals surface area contributed by atoms with Crippen molar-refractivity contribution in [3.05, 3.63) is 23.9 Å². The van der Waals surface area contributed by atoms with Crippen LogP contribution in [-0.4, -0.2) is 42.1 Å². The van der Waals surface area contributed by atoms with Crippen molar-refractivity contribution in [1.82, 2.24) is 10.3 Å². The molecule has 0 bridgehead atoms. The minimum absolute atomic E-state index is 0.366. The van der Waals surface area contributed by atoms with Crippen LogP contribution >= 0.6 is 0 Å². The highest BCUT2D eigenvalue weighted by atomic mass is 19.4. The summed E-state index contributed by atoms with van der Waals surface area (Å²) in [5, 5.41) is 1.90. The molecule has 0 unspecified atom stereocenters. The van der Waals surface area contributed by atoms with Crippen molar-refractivity contribution in [2.45, 2.75) is 39.0 Å². The summed E-state index contributed by atoms with van der Waals surface area (Å²) in [6.45, 7) is 4.13.